The number of hydrogen-bond acceptors (Lipinski definition) is 10. The smallest absolute Gasteiger partial charge is 0.231 e. The molecule has 2 aromatic rings. The Bertz CT molecular complexity index is 1410. The standard InChI is InChI=1S/C26H22O10/c1-34-16-4-9(2-3-14(16)28)19-11-8-35-26(33)23(11)25(19)12(7-13(25)24(26)32)22-21(31)20(30)18-15(29)5-10(27)6-17(18)36-22/h2-7,11,13,19,21-23,27-29,31,33H,8H2,1H3/t11-,13-,19+,21+,22-,23-,25-,26-/m1/s1. The maximum atomic E-state index is 13.3. The number of aliphatic hydroxyl groups excluding tert-OH is 1. The lowest BCUT2D eigenvalue weighted by molar-refractivity contribution is -0.199. The number of fused-ring (bicyclic) bond motifs is 1. The molecule has 10 nitrogen and oxygen atoms in total. The number of phenols is 3. The average molecular weight is 494 g/mol. The Labute approximate surface area is 204 Å². The van der Waals surface area contributed by atoms with E-state index in [0.717, 1.165) is 11.6 Å². The highest BCUT2D eigenvalue weighted by atomic mass is 16.6. The van der Waals surface area contributed by atoms with Gasteiger partial charge in [0, 0.05) is 29.4 Å². The number of rotatable bonds is 3. The first kappa shape index (κ1) is 21.7. The normalized spacial score (nSPS) is 39.2. The molecule has 0 aromatic heterocycles. The molecule has 0 unspecified atom stereocenters. The van der Waals surface area contributed by atoms with Crippen molar-refractivity contribution in [3.8, 4) is 28.7 Å². The second-order valence-electron chi connectivity index (χ2n) is 10.1. The highest BCUT2D eigenvalue weighted by Gasteiger charge is 2.87. The molecule has 2 heterocycles. The monoisotopic (exact) mass is 494 g/mol. The molecule has 8 atom stereocenters. The van der Waals surface area contributed by atoms with Crippen LogP contribution in [-0.4, -0.2) is 68.8 Å². The number of hydrogen-bond donors (Lipinski definition) is 5. The minimum atomic E-state index is -1.98. The van der Waals surface area contributed by atoms with E-state index in [9.17, 15) is 35.1 Å². The van der Waals surface area contributed by atoms with Gasteiger partial charge in [-0.15, -0.1) is 0 Å². The van der Waals surface area contributed by atoms with Gasteiger partial charge < -0.3 is 39.7 Å². The summed E-state index contributed by atoms with van der Waals surface area (Å²) in [4.78, 5) is 26.4. The molecular formula is C26H22O10. The molecule has 5 N–H and O–H groups in total. The Hall–Kier alpha value is -3.60. The predicted molar refractivity (Wildman–Crippen MR) is 119 cm³/mol. The highest BCUT2D eigenvalue weighted by Crippen LogP contribution is 2.82. The number of ketones is 2. The molecule has 2 saturated carbocycles. The van der Waals surface area contributed by atoms with Crippen LogP contribution in [0.4, 0.5) is 0 Å². The molecule has 1 saturated heterocycles. The van der Waals surface area contributed by atoms with Gasteiger partial charge in [0.05, 0.1) is 19.6 Å². The molecule has 7 rings (SSSR count). The number of methoxy groups -OCH3 is 1. The molecule has 5 aliphatic rings. The fourth-order valence-electron chi connectivity index (χ4n) is 7.53. The lowest BCUT2D eigenvalue weighted by Crippen LogP contribution is -2.65. The number of ether oxygens (including phenoxy) is 3. The van der Waals surface area contributed by atoms with Crippen molar-refractivity contribution in [3.05, 3.63) is 53.1 Å². The van der Waals surface area contributed by atoms with Gasteiger partial charge in [-0.1, -0.05) is 12.1 Å². The van der Waals surface area contributed by atoms with Crippen LogP contribution in [0.2, 0.25) is 0 Å². The third kappa shape index (κ3) is 2.20. The highest BCUT2D eigenvalue weighted by molar-refractivity contribution is 6.06. The topological polar surface area (TPSA) is 163 Å². The molecular weight excluding hydrogens is 472 g/mol. The Morgan fingerprint density at radius 1 is 1.08 bits per heavy atom. The molecule has 0 amide bonds. The second-order valence-corrected chi connectivity index (χ2v) is 10.1. The Kier molecular flexibility index (Phi) is 3.96. The third-order valence-corrected chi connectivity index (χ3v) is 8.79. The van der Waals surface area contributed by atoms with E-state index in [1.54, 1.807) is 18.2 Å². The van der Waals surface area contributed by atoms with Crippen LogP contribution in [0, 0.1) is 23.2 Å². The van der Waals surface area contributed by atoms with Gasteiger partial charge in [0.1, 0.15) is 22.8 Å². The van der Waals surface area contributed by atoms with Gasteiger partial charge in [-0.2, -0.15) is 0 Å². The van der Waals surface area contributed by atoms with E-state index in [1.165, 1.54) is 19.2 Å². The summed E-state index contributed by atoms with van der Waals surface area (Å²) < 4.78 is 16.9. The van der Waals surface area contributed by atoms with E-state index < -0.39 is 52.6 Å². The van der Waals surface area contributed by atoms with E-state index in [-0.39, 0.29) is 47.0 Å². The molecule has 0 bridgehead atoms. The van der Waals surface area contributed by atoms with Crippen LogP contribution < -0.4 is 9.47 Å². The molecule has 0 radical (unpaired) electrons. The lowest BCUT2D eigenvalue weighted by Gasteiger charge is -2.64. The molecule has 2 aromatic carbocycles. The van der Waals surface area contributed by atoms with Crippen molar-refractivity contribution in [2.45, 2.75) is 23.9 Å². The number of phenolic OH excluding ortho intramolecular Hbond substituents is 3. The summed E-state index contributed by atoms with van der Waals surface area (Å²) in [5.74, 6) is -5.89. The van der Waals surface area contributed by atoms with Crippen LogP contribution in [0.25, 0.3) is 0 Å². The van der Waals surface area contributed by atoms with Crippen LogP contribution >= 0.6 is 0 Å². The number of aromatic hydroxyl groups is 3. The van der Waals surface area contributed by atoms with Crippen LogP contribution in [0.15, 0.2) is 42.0 Å². The van der Waals surface area contributed by atoms with E-state index in [2.05, 4.69) is 0 Å². The summed E-state index contributed by atoms with van der Waals surface area (Å²) in [7, 11) is 1.43. The van der Waals surface area contributed by atoms with E-state index >= 15 is 0 Å². The Balaban J connectivity index is 1.37. The van der Waals surface area contributed by atoms with E-state index in [4.69, 9.17) is 14.2 Å². The van der Waals surface area contributed by atoms with Crippen LogP contribution in [0.5, 0.6) is 28.7 Å². The number of carbonyl (C=O) groups is 2. The zero-order chi connectivity index (χ0) is 25.3. The van der Waals surface area contributed by atoms with Crippen molar-refractivity contribution in [3.63, 3.8) is 0 Å². The molecule has 36 heavy (non-hydrogen) atoms. The Morgan fingerprint density at radius 3 is 2.61 bits per heavy atom. The van der Waals surface area contributed by atoms with Crippen molar-refractivity contribution in [1.82, 2.24) is 0 Å². The molecule has 3 fully saturated rings. The van der Waals surface area contributed by atoms with Gasteiger partial charge in [0.25, 0.3) is 0 Å². The number of allylic oxidation sites excluding steroid dienone is 1. The van der Waals surface area contributed by atoms with Crippen molar-refractivity contribution in [2.24, 2.45) is 23.2 Å². The maximum absolute atomic E-state index is 13.3. The largest absolute Gasteiger partial charge is 0.508 e. The van der Waals surface area contributed by atoms with Crippen molar-refractivity contribution >= 4 is 11.6 Å². The maximum Gasteiger partial charge on any atom is 0.231 e. The van der Waals surface area contributed by atoms with E-state index in [1.807, 2.05) is 0 Å². The number of benzene rings is 2. The van der Waals surface area contributed by atoms with Gasteiger partial charge in [0.2, 0.25) is 11.6 Å². The zero-order valence-electron chi connectivity index (χ0n) is 18.9. The zero-order valence-corrected chi connectivity index (χ0v) is 18.9. The molecule has 186 valence electrons. The molecule has 10 heteroatoms. The van der Waals surface area contributed by atoms with Gasteiger partial charge in [-0.3, -0.25) is 9.59 Å². The number of carbonyl (C=O) groups excluding carboxylic acids is 2. The first-order valence-corrected chi connectivity index (χ1v) is 11.6. The minimum absolute atomic E-state index is 0.0509. The van der Waals surface area contributed by atoms with Crippen molar-refractivity contribution < 1.29 is 49.3 Å². The number of aliphatic hydroxyl groups is 2. The first-order valence-electron chi connectivity index (χ1n) is 11.6. The first-order chi connectivity index (χ1) is 17.1. The summed E-state index contributed by atoms with van der Waals surface area (Å²) in [6, 6.07) is 7.05. The summed E-state index contributed by atoms with van der Waals surface area (Å²) in [6.45, 7) is 0.139. The minimum Gasteiger partial charge on any atom is -0.508 e. The summed E-state index contributed by atoms with van der Waals surface area (Å²) in [5.41, 5.74) is 0.00314. The Morgan fingerprint density at radius 2 is 1.86 bits per heavy atom. The third-order valence-electron chi connectivity index (χ3n) is 8.79. The van der Waals surface area contributed by atoms with Crippen LogP contribution in [0.3, 0.4) is 0 Å². The second kappa shape index (κ2) is 6.58. The van der Waals surface area contributed by atoms with Crippen molar-refractivity contribution in [2.75, 3.05) is 13.7 Å². The van der Waals surface area contributed by atoms with Crippen molar-refractivity contribution in [1.29, 1.82) is 0 Å². The summed E-state index contributed by atoms with van der Waals surface area (Å²) >= 11 is 0. The molecule has 2 aliphatic heterocycles. The predicted octanol–water partition coefficient (Wildman–Crippen LogP) is 0.990. The van der Waals surface area contributed by atoms with Crippen LogP contribution in [0.1, 0.15) is 21.8 Å². The fourth-order valence-corrected chi connectivity index (χ4v) is 7.53. The van der Waals surface area contributed by atoms with Gasteiger partial charge in [0.15, 0.2) is 29.5 Å². The van der Waals surface area contributed by atoms with Gasteiger partial charge in [-0.05, 0) is 29.2 Å². The molecule has 3 aliphatic carbocycles. The van der Waals surface area contributed by atoms with Gasteiger partial charge in [-0.25, -0.2) is 0 Å². The SMILES string of the molecule is COc1cc([C@H]2[C@H]3CO[C@@]4(O)C(=O)[C@H]5C=C([C@H]6Oc7cc(O)cc(O)c7C(=O)[C@@H]6O)[C@@]52[C@@H]34)ccc1O. The van der Waals surface area contributed by atoms with Gasteiger partial charge >= 0.3 is 0 Å². The van der Waals surface area contributed by atoms with Crippen LogP contribution in [-0.2, 0) is 9.53 Å². The average Bonchev–Trinajstić information content (AvgIpc) is 3.15. The number of Topliss-reactive ketones (excluding diaryl/α,β-unsaturated/α-hetero) is 2. The van der Waals surface area contributed by atoms with E-state index in [0.29, 0.717) is 5.57 Å². The fraction of sp³-hybridized carbons (Fsp3) is 0.385. The lowest BCUT2D eigenvalue weighted by atomic mass is 9.37. The quantitative estimate of drug-likeness (QED) is 0.389. The summed E-state index contributed by atoms with van der Waals surface area (Å²) in [6.07, 6.45) is -1.28. The molecule has 1 spiro atoms. The summed E-state index contributed by atoms with van der Waals surface area (Å²) in [5, 5.41) is 52.4.